The van der Waals surface area contributed by atoms with E-state index in [1.165, 1.54) is 99.5 Å². The van der Waals surface area contributed by atoms with E-state index in [2.05, 4.69) is 215 Å². The van der Waals surface area contributed by atoms with Crippen molar-refractivity contribution in [3.05, 3.63) is 229 Å². The van der Waals surface area contributed by atoms with E-state index in [4.69, 9.17) is 0 Å². The summed E-state index contributed by atoms with van der Waals surface area (Å²) in [7, 11) is 0. The van der Waals surface area contributed by atoms with Gasteiger partial charge in [-0.1, -0.05) is 152 Å². The second-order valence-corrected chi connectivity index (χ2v) is 16.0. The van der Waals surface area contributed by atoms with Crippen molar-refractivity contribution in [1.29, 1.82) is 0 Å². The van der Waals surface area contributed by atoms with Crippen LogP contribution in [0.1, 0.15) is 28.2 Å². The van der Waals surface area contributed by atoms with Crippen molar-refractivity contribution in [2.75, 3.05) is 0 Å². The fraction of sp³-hybridized carbons (Fsp3) is 0.0545. The van der Waals surface area contributed by atoms with E-state index in [0.29, 0.717) is 0 Å². The van der Waals surface area contributed by atoms with Crippen molar-refractivity contribution in [3.8, 4) is 27.9 Å². The van der Waals surface area contributed by atoms with Crippen LogP contribution in [0.5, 0.6) is 0 Å². The molecule has 2 heteroatoms. The number of rotatable bonds is 3. The van der Waals surface area contributed by atoms with Crippen LogP contribution >= 0.6 is 0 Å². The predicted octanol–water partition coefficient (Wildman–Crippen LogP) is 13.7. The zero-order chi connectivity index (χ0) is 37.2. The van der Waals surface area contributed by atoms with Crippen molar-refractivity contribution in [2.45, 2.75) is 11.3 Å². The van der Waals surface area contributed by atoms with Crippen LogP contribution in [0.2, 0.25) is 0 Å². The number of aromatic nitrogens is 2. The van der Waals surface area contributed by atoms with E-state index < -0.39 is 0 Å². The van der Waals surface area contributed by atoms with Gasteiger partial charge in [0.1, 0.15) is 0 Å². The molecular formula is C55H36N2. The zero-order valence-electron chi connectivity index (χ0n) is 31.2. The molecule has 13 rings (SSSR count). The van der Waals surface area contributed by atoms with E-state index in [9.17, 15) is 0 Å². The summed E-state index contributed by atoms with van der Waals surface area (Å²) in [5.74, 6) is 0.397. The van der Waals surface area contributed by atoms with Gasteiger partial charge in [-0.05, 0) is 99.1 Å². The minimum atomic E-state index is -0.265. The number of benzene rings is 8. The number of nitrogens with zero attached hydrogens (tertiary/aromatic N) is 2. The molecule has 3 aliphatic carbocycles. The molecule has 3 aliphatic rings. The van der Waals surface area contributed by atoms with Crippen LogP contribution in [0.25, 0.3) is 77.2 Å². The molecule has 0 radical (unpaired) electrons. The Bertz CT molecular complexity index is 3320. The molecule has 2 nitrogen and oxygen atoms in total. The van der Waals surface area contributed by atoms with E-state index in [1.807, 2.05) is 0 Å². The van der Waals surface area contributed by atoms with E-state index in [-0.39, 0.29) is 17.3 Å². The molecule has 0 aliphatic heterocycles. The number of hydrogen-bond donors (Lipinski definition) is 0. The molecule has 8 aromatic carbocycles. The minimum absolute atomic E-state index is 0.174. The summed E-state index contributed by atoms with van der Waals surface area (Å²) >= 11 is 0. The molecule has 266 valence electrons. The van der Waals surface area contributed by atoms with E-state index in [0.717, 1.165) is 0 Å². The lowest BCUT2D eigenvalue weighted by Crippen LogP contribution is -2.34. The Hall–Kier alpha value is -7.16. The molecule has 2 aromatic heterocycles. The van der Waals surface area contributed by atoms with Crippen LogP contribution in [-0.2, 0) is 5.41 Å². The molecule has 1 spiro atoms. The second-order valence-electron chi connectivity index (χ2n) is 16.0. The van der Waals surface area contributed by atoms with Gasteiger partial charge in [-0.15, -0.1) is 0 Å². The first-order chi connectivity index (χ1) is 28.3. The molecule has 0 N–H and O–H groups in total. The van der Waals surface area contributed by atoms with Crippen LogP contribution in [-0.4, -0.2) is 9.13 Å². The standard InChI is InChI=1S/C55H36N2/c1-2-15-37(16-3-1)56-49-26-12-7-19-40(49)43-33-35(29-31-51(43)56)36-30-32-52-44(34-36)41-20-8-13-27-50(41)57(52)53-28-14-25-48-54(53)42-21-6-11-24-47(42)55(48)45-22-9-4-17-38(45)39-18-5-10-23-46(39)55/h1-34,48,54H. The monoisotopic (exact) mass is 724 g/mol. The van der Waals surface area contributed by atoms with Gasteiger partial charge in [0.2, 0.25) is 0 Å². The molecule has 0 amide bonds. The lowest BCUT2D eigenvalue weighted by Gasteiger charge is -2.37. The molecule has 0 bridgehead atoms. The van der Waals surface area contributed by atoms with Crippen LogP contribution in [0.3, 0.4) is 0 Å². The highest BCUT2D eigenvalue weighted by atomic mass is 15.0. The fourth-order valence-corrected chi connectivity index (χ4v) is 11.3. The SMILES string of the molecule is C1=CC2C(C(n3c4ccccc4c4cc(-c5ccc6c(c5)c5ccccc5n6-c5ccccc5)ccc43)=C1)c1ccccc1C21c2ccccc2-c2ccccc21. The molecule has 10 aromatic rings. The van der Waals surface area contributed by atoms with Gasteiger partial charge in [-0.3, -0.25) is 0 Å². The Labute approximate surface area is 330 Å². The first kappa shape index (κ1) is 31.1. The van der Waals surface area contributed by atoms with Crippen molar-refractivity contribution < 1.29 is 0 Å². The van der Waals surface area contributed by atoms with Crippen LogP contribution in [0.15, 0.2) is 206 Å². The number of fused-ring (bicyclic) bond motifs is 16. The highest BCUT2D eigenvalue weighted by Crippen LogP contribution is 2.67. The number of para-hydroxylation sites is 3. The topological polar surface area (TPSA) is 9.86 Å². The van der Waals surface area contributed by atoms with Crippen molar-refractivity contribution >= 4 is 49.3 Å². The Morgan fingerprint density at radius 1 is 0.404 bits per heavy atom. The summed E-state index contributed by atoms with van der Waals surface area (Å²) in [5, 5.41) is 5.09. The lowest BCUT2D eigenvalue weighted by atomic mass is 9.65. The van der Waals surface area contributed by atoms with Gasteiger partial charge in [0, 0.05) is 44.8 Å². The first-order valence-electron chi connectivity index (χ1n) is 20.1. The van der Waals surface area contributed by atoms with E-state index >= 15 is 0 Å². The highest BCUT2D eigenvalue weighted by molar-refractivity contribution is 6.13. The van der Waals surface area contributed by atoms with Gasteiger partial charge in [-0.2, -0.15) is 0 Å². The van der Waals surface area contributed by atoms with E-state index in [1.54, 1.807) is 0 Å². The van der Waals surface area contributed by atoms with Gasteiger partial charge in [0.25, 0.3) is 0 Å². The third kappa shape index (κ3) is 3.99. The normalized spacial score (nSPS) is 17.3. The molecule has 0 fully saturated rings. The maximum Gasteiger partial charge on any atom is 0.0541 e. The Kier molecular flexibility index (Phi) is 6.24. The summed E-state index contributed by atoms with van der Waals surface area (Å²) in [5.41, 5.74) is 18.1. The fourth-order valence-electron chi connectivity index (χ4n) is 11.3. The van der Waals surface area contributed by atoms with Gasteiger partial charge >= 0.3 is 0 Å². The quantitative estimate of drug-likeness (QED) is 0.172. The molecular weight excluding hydrogens is 689 g/mol. The van der Waals surface area contributed by atoms with Crippen molar-refractivity contribution in [2.24, 2.45) is 5.92 Å². The summed E-state index contributed by atoms with van der Waals surface area (Å²) in [6.07, 6.45) is 7.23. The average Bonchev–Trinajstić information content (AvgIpc) is 3.98. The van der Waals surface area contributed by atoms with Crippen molar-refractivity contribution in [1.82, 2.24) is 9.13 Å². The molecule has 0 saturated heterocycles. The van der Waals surface area contributed by atoms with Gasteiger partial charge in [0.15, 0.2) is 0 Å². The summed E-state index contributed by atoms with van der Waals surface area (Å²) in [6.45, 7) is 0. The number of hydrogen-bond acceptors (Lipinski definition) is 0. The molecule has 2 atom stereocenters. The Morgan fingerprint density at radius 3 is 1.58 bits per heavy atom. The molecule has 2 unspecified atom stereocenters. The average molecular weight is 725 g/mol. The third-order valence-corrected chi connectivity index (χ3v) is 13.4. The van der Waals surface area contributed by atoms with Crippen LogP contribution in [0, 0.1) is 5.92 Å². The summed E-state index contributed by atoms with van der Waals surface area (Å²) in [4.78, 5) is 0. The van der Waals surface area contributed by atoms with Gasteiger partial charge in [0.05, 0.1) is 27.5 Å². The zero-order valence-corrected chi connectivity index (χ0v) is 31.2. The molecule has 2 heterocycles. The molecule has 57 heavy (non-hydrogen) atoms. The second kappa shape index (κ2) is 11.4. The van der Waals surface area contributed by atoms with Gasteiger partial charge < -0.3 is 9.13 Å². The minimum Gasteiger partial charge on any atom is -0.312 e. The largest absolute Gasteiger partial charge is 0.312 e. The summed E-state index contributed by atoms with van der Waals surface area (Å²) in [6, 6.07) is 70.2. The Morgan fingerprint density at radius 2 is 0.912 bits per heavy atom. The maximum atomic E-state index is 2.58. The maximum absolute atomic E-state index is 2.58. The smallest absolute Gasteiger partial charge is 0.0541 e. The summed E-state index contributed by atoms with van der Waals surface area (Å²) < 4.78 is 4.97. The Balaban J connectivity index is 0.999. The van der Waals surface area contributed by atoms with Crippen LogP contribution in [0.4, 0.5) is 0 Å². The molecule has 0 saturated carbocycles. The van der Waals surface area contributed by atoms with Crippen molar-refractivity contribution in [3.63, 3.8) is 0 Å². The van der Waals surface area contributed by atoms with Gasteiger partial charge in [-0.25, -0.2) is 0 Å². The lowest BCUT2D eigenvalue weighted by molar-refractivity contribution is 0.466. The number of allylic oxidation sites excluding steroid dienone is 4. The van der Waals surface area contributed by atoms with Crippen LogP contribution < -0.4 is 0 Å². The third-order valence-electron chi connectivity index (χ3n) is 13.4. The highest BCUT2D eigenvalue weighted by Gasteiger charge is 2.58. The first-order valence-corrected chi connectivity index (χ1v) is 20.1. The predicted molar refractivity (Wildman–Crippen MR) is 237 cm³/mol.